The van der Waals surface area contributed by atoms with E-state index < -0.39 is 23.2 Å². The van der Waals surface area contributed by atoms with Crippen molar-refractivity contribution in [2.24, 2.45) is 5.73 Å². The fourth-order valence-electron chi connectivity index (χ4n) is 4.41. The number of amides is 1. The lowest BCUT2D eigenvalue weighted by Crippen LogP contribution is -2.63. The van der Waals surface area contributed by atoms with E-state index in [2.05, 4.69) is 15.3 Å². The van der Waals surface area contributed by atoms with Gasteiger partial charge in [-0.2, -0.15) is 18.3 Å². The Bertz CT molecular complexity index is 1020. The molecule has 2 aromatic rings. The molecule has 32 heavy (non-hydrogen) atoms. The van der Waals surface area contributed by atoms with Gasteiger partial charge in [0.05, 0.1) is 17.2 Å². The molecule has 0 spiro atoms. The number of carbonyl (C=O) groups excluding carboxylic acids is 1. The highest BCUT2D eigenvalue weighted by Gasteiger charge is 2.42. The molecular formula is C21H25F3N6O2. The molecule has 1 aromatic carbocycles. The van der Waals surface area contributed by atoms with Gasteiger partial charge in [-0.1, -0.05) is 0 Å². The Morgan fingerprint density at radius 2 is 1.94 bits per heavy atom. The standard InChI is InChI=1S/C21H25F3N6O2/c1-20(32)10-29(11-20)14-6-7-17(16(25)8-14)30-9-15(18(26)31)19(28-30)27-13-4-2-12(3-5-13)21(22,23)24/h2-5,9,14,17,25,32H,6-8,10-11H2,1H3,(H2,26,31)(H,27,28)/t14-,17-/m0/s1. The van der Waals surface area contributed by atoms with Gasteiger partial charge in [-0.25, -0.2) is 0 Å². The van der Waals surface area contributed by atoms with Gasteiger partial charge in [0.25, 0.3) is 5.91 Å². The first-order chi connectivity index (χ1) is 14.9. The molecule has 2 fully saturated rings. The number of primary amides is 1. The van der Waals surface area contributed by atoms with Crippen LogP contribution >= 0.6 is 0 Å². The van der Waals surface area contributed by atoms with Gasteiger partial charge < -0.3 is 21.6 Å². The molecule has 1 amide bonds. The van der Waals surface area contributed by atoms with Crippen LogP contribution in [0.2, 0.25) is 0 Å². The molecule has 1 saturated carbocycles. The van der Waals surface area contributed by atoms with Gasteiger partial charge in [0.1, 0.15) is 5.56 Å². The molecule has 1 aromatic heterocycles. The van der Waals surface area contributed by atoms with E-state index in [4.69, 9.17) is 11.1 Å². The SMILES string of the molecule is CC1(O)CN([C@H]2CC[C@H](n3cc(C(N)=O)c(Nc4ccc(C(F)(F)F)cc4)n3)C(=N)C2)C1. The fourth-order valence-corrected chi connectivity index (χ4v) is 4.41. The van der Waals surface area contributed by atoms with E-state index in [9.17, 15) is 23.1 Å². The number of aromatic nitrogens is 2. The summed E-state index contributed by atoms with van der Waals surface area (Å²) in [7, 11) is 0. The summed E-state index contributed by atoms with van der Waals surface area (Å²) in [4.78, 5) is 14.1. The number of hydrogen-bond donors (Lipinski definition) is 4. The molecule has 5 N–H and O–H groups in total. The Hall–Kier alpha value is -2.92. The van der Waals surface area contributed by atoms with E-state index in [-0.39, 0.29) is 23.5 Å². The van der Waals surface area contributed by atoms with Gasteiger partial charge in [0.15, 0.2) is 5.82 Å². The Labute approximate surface area is 182 Å². The number of anilines is 2. The van der Waals surface area contributed by atoms with Gasteiger partial charge in [-0.15, -0.1) is 0 Å². The lowest BCUT2D eigenvalue weighted by atomic mass is 9.84. The number of halogens is 3. The first-order valence-electron chi connectivity index (χ1n) is 10.3. The van der Waals surface area contributed by atoms with Crippen molar-refractivity contribution in [1.82, 2.24) is 14.7 Å². The van der Waals surface area contributed by atoms with Gasteiger partial charge >= 0.3 is 6.18 Å². The van der Waals surface area contributed by atoms with Crippen LogP contribution in [0.25, 0.3) is 0 Å². The molecule has 2 heterocycles. The van der Waals surface area contributed by atoms with Gasteiger partial charge in [-0.3, -0.25) is 14.4 Å². The Kier molecular flexibility index (Phi) is 5.49. The van der Waals surface area contributed by atoms with Crippen molar-refractivity contribution in [2.45, 2.75) is 50.0 Å². The highest BCUT2D eigenvalue weighted by Crippen LogP contribution is 2.34. The minimum absolute atomic E-state index is 0.0959. The van der Waals surface area contributed by atoms with Crippen LogP contribution in [-0.2, 0) is 6.18 Å². The summed E-state index contributed by atoms with van der Waals surface area (Å²) in [5.74, 6) is -0.598. The summed E-state index contributed by atoms with van der Waals surface area (Å²) in [6, 6.07) is 4.23. The zero-order chi connectivity index (χ0) is 23.3. The molecule has 1 aliphatic carbocycles. The van der Waals surface area contributed by atoms with Crippen LogP contribution in [0.5, 0.6) is 0 Å². The molecule has 8 nitrogen and oxygen atoms in total. The number of nitrogens with two attached hydrogens (primary N) is 1. The first-order valence-corrected chi connectivity index (χ1v) is 10.3. The van der Waals surface area contributed by atoms with Gasteiger partial charge in [0, 0.05) is 43.1 Å². The molecule has 11 heteroatoms. The lowest BCUT2D eigenvalue weighted by molar-refractivity contribution is -0.137. The van der Waals surface area contributed by atoms with Gasteiger partial charge in [-0.05, 0) is 44.0 Å². The quantitative estimate of drug-likeness (QED) is 0.558. The predicted octanol–water partition coefficient (Wildman–Crippen LogP) is 2.92. The Morgan fingerprint density at radius 1 is 1.28 bits per heavy atom. The lowest BCUT2D eigenvalue weighted by Gasteiger charge is -2.50. The summed E-state index contributed by atoms with van der Waals surface area (Å²) in [6.07, 6.45) is -0.973. The number of hydrogen-bond acceptors (Lipinski definition) is 6. The van der Waals surface area contributed by atoms with Crippen LogP contribution in [-0.4, -0.2) is 56.1 Å². The van der Waals surface area contributed by atoms with E-state index >= 15 is 0 Å². The van der Waals surface area contributed by atoms with Crippen molar-refractivity contribution in [2.75, 3.05) is 18.4 Å². The Morgan fingerprint density at radius 3 is 2.47 bits per heavy atom. The molecule has 0 radical (unpaired) electrons. The number of aliphatic hydroxyl groups is 1. The normalized spacial score (nSPS) is 23.6. The number of alkyl halides is 3. The number of nitrogens with one attached hydrogen (secondary N) is 2. The average molecular weight is 450 g/mol. The molecule has 1 saturated heterocycles. The maximum absolute atomic E-state index is 12.8. The van der Waals surface area contributed by atoms with Crippen LogP contribution in [0.4, 0.5) is 24.7 Å². The molecule has 1 aliphatic heterocycles. The van der Waals surface area contributed by atoms with Crippen LogP contribution < -0.4 is 11.1 Å². The predicted molar refractivity (Wildman–Crippen MR) is 112 cm³/mol. The van der Waals surface area contributed by atoms with Crippen molar-refractivity contribution >= 4 is 23.1 Å². The monoisotopic (exact) mass is 450 g/mol. The van der Waals surface area contributed by atoms with E-state index in [0.29, 0.717) is 37.3 Å². The number of carbonyl (C=O) groups is 1. The first kappa shape index (κ1) is 22.3. The van der Waals surface area contributed by atoms with Crippen LogP contribution in [0.1, 0.15) is 48.1 Å². The second kappa shape index (κ2) is 7.89. The molecule has 2 atom stereocenters. The topological polar surface area (TPSA) is 120 Å². The number of benzene rings is 1. The minimum Gasteiger partial charge on any atom is -0.388 e. The Balaban J connectivity index is 1.48. The molecule has 2 aliphatic rings. The van der Waals surface area contributed by atoms with E-state index in [1.807, 2.05) is 0 Å². The average Bonchev–Trinajstić information content (AvgIpc) is 3.09. The third-order valence-electron chi connectivity index (χ3n) is 6.03. The third kappa shape index (κ3) is 4.49. The van der Waals surface area contributed by atoms with Crippen LogP contribution in [0.15, 0.2) is 30.5 Å². The van der Waals surface area contributed by atoms with Crippen molar-refractivity contribution in [3.05, 3.63) is 41.6 Å². The zero-order valence-electron chi connectivity index (χ0n) is 17.5. The van der Waals surface area contributed by atoms with Crippen LogP contribution in [0, 0.1) is 5.41 Å². The molecular weight excluding hydrogens is 425 g/mol. The number of likely N-dealkylation sites (tertiary alicyclic amines) is 1. The zero-order valence-corrected chi connectivity index (χ0v) is 17.5. The van der Waals surface area contributed by atoms with Crippen molar-refractivity contribution in [3.63, 3.8) is 0 Å². The fraction of sp³-hybridized carbons (Fsp3) is 0.476. The van der Waals surface area contributed by atoms with Crippen LogP contribution in [0.3, 0.4) is 0 Å². The summed E-state index contributed by atoms with van der Waals surface area (Å²) in [5.41, 5.74) is 4.91. The third-order valence-corrected chi connectivity index (χ3v) is 6.03. The summed E-state index contributed by atoms with van der Waals surface area (Å²) >= 11 is 0. The number of rotatable bonds is 5. The highest BCUT2D eigenvalue weighted by atomic mass is 19.4. The maximum atomic E-state index is 12.8. The molecule has 0 unspecified atom stereocenters. The number of nitrogens with zero attached hydrogens (tertiary/aromatic N) is 3. The summed E-state index contributed by atoms with van der Waals surface area (Å²) in [5, 5.41) is 25.7. The van der Waals surface area contributed by atoms with Crippen molar-refractivity contribution in [3.8, 4) is 0 Å². The maximum Gasteiger partial charge on any atom is 0.416 e. The second-order valence-electron chi connectivity index (χ2n) is 8.81. The smallest absolute Gasteiger partial charge is 0.388 e. The summed E-state index contributed by atoms with van der Waals surface area (Å²) in [6.45, 7) is 2.97. The highest BCUT2D eigenvalue weighted by molar-refractivity contribution is 5.98. The number of β-amino-alcohol motifs (C(OH)–C–C–N with tert-alkyl or cyclic N) is 1. The molecule has 4 rings (SSSR count). The molecule has 0 bridgehead atoms. The van der Waals surface area contributed by atoms with Crippen molar-refractivity contribution in [1.29, 1.82) is 5.41 Å². The second-order valence-corrected chi connectivity index (χ2v) is 8.81. The summed E-state index contributed by atoms with van der Waals surface area (Å²) < 4.78 is 39.8. The minimum atomic E-state index is -4.44. The largest absolute Gasteiger partial charge is 0.416 e. The van der Waals surface area contributed by atoms with E-state index in [1.54, 1.807) is 6.92 Å². The van der Waals surface area contributed by atoms with Gasteiger partial charge in [0.2, 0.25) is 0 Å². The van der Waals surface area contributed by atoms with E-state index in [1.165, 1.54) is 23.0 Å². The molecule has 172 valence electrons. The van der Waals surface area contributed by atoms with Crippen molar-refractivity contribution < 1.29 is 23.1 Å². The van der Waals surface area contributed by atoms with E-state index in [0.717, 1.165) is 18.6 Å².